The number of rotatable bonds is 12. The topological polar surface area (TPSA) is 179 Å². The molecule has 0 radical (unpaired) electrons. The Balaban J connectivity index is 2.84. The van der Waals surface area contributed by atoms with Crippen molar-refractivity contribution in [3.8, 4) is 0 Å². The Morgan fingerprint density at radius 1 is 1.17 bits per heavy atom. The highest BCUT2D eigenvalue weighted by atomic mass is 32.2. The fourth-order valence-corrected chi connectivity index (χ4v) is 3.55. The second-order valence-corrected chi connectivity index (χ2v) is 8.13. The van der Waals surface area contributed by atoms with Gasteiger partial charge in [-0.05, 0) is 44.6 Å². The molecular formula is C18H30N4O7S. The van der Waals surface area contributed by atoms with Gasteiger partial charge >= 0.3 is 11.9 Å². The number of carbonyl (C=O) groups is 5. The van der Waals surface area contributed by atoms with E-state index in [2.05, 4.69) is 10.6 Å². The Bertz CT molecular complexity index is 660. The molecule has 0 aromatic rings. The maximum Gasteiger partial charge on any atom is 0.325 e. The number of carboxylic acid groups (broad SMARTS) is 2. The van der Waals surface area contributed by atoms with E-state index in [-0.39, 0.29) is 12.3 Å². The fourth-order valence-electron chi connectivity index (χ4n) is 3.06. The molecule has 3 amide bonds. The number of aliphatic carboxylic acids is 2. The third kappa shape index (κ3) is 7.82. The van der Waals surface area contributed by atoms with Gasteiger partial charge < -0.3 is 31.5 Å². The Kier molecular flexibility index (Phi) is 10.6. The van der Waals surface area contributed by atoms with Crippen molar-refractivity contribution in [1.82, 2.24) is 15.5 Å². The van der Waals surface area contributed by atoms with Crippen LogP contribution in [0.4, 0.5) is 0 Å². The maximum atomic E-state index is 12.8. The predicted molar refractivity (Wildman–Crippen MR) is 110 cm³/mol. The second kappa shape index (κ2) is 12.4. The van der Waals surface area contributed by atoms with Crippen molar-refractivity contribution < 1.29 is 34.2 Å². The molecule has 0 aromatic heterocycles. The molecule has 0 bridgehead atoms. The summed E-state index contributed by atoms with van der Waals surface area (Å²) < 4.78 is 0. The second-order valence-electron chi connectivity index (χ2n) is 7.14. The quantitative estimate of drug-likeness (QED) is 0.251. The normalized spacial score (nSPS) is 18.9. The lowest BCUT2D eigenvalue weighted by Gasteiger charge is -2.28. The van der Waals surface area contributed by atoms with Gasteiger partial charge in [0.05, 0.1) is 6.04 Å². The molecule has 12 heteroatoms. The van der Waals surface area contributed by atoms with Gasteiger partial charge in [0.2, 0.25) is 17.7 Å². The number of amides is 3. The molecule has 1 saturated heterocycles. The van der Waals surface area contributed by atoms with Crippen molar-refractivity contribution in [1.29, 1.82) is 0 Å². The largest absolute Gasteiger partial charge is 0.481 e. The van der Waals surface area contributed by atoms with Gasteiger partial charge in [-0.15, -0.1) is 0 Å². The van der Waals surface area contributed by atoms with Crippen molar-refractivity contribution in [3.05, 3.63) is 0 Å². The van der Waals surface area contributed by atoms with E-state index in [1.807, 2.05) is 6.26 Å². The Labute approximate surface area is 179 Å². The van der Waals surface area contributed by atoms with E-state index < -0.39 is 54.3 Å². The fraction of sp³-hybridized carbons (Fsp3) is 0.722. The van der Waals surface area contributed by atoms with Crippen LogP contribution in [0.1, 0.15) is 39.0 Å². The van der Waals surface area contributed by atoms with Crippen LogP contribution >= 0.6 is 11.8 Å². The lowest BCUT2D eigenvalue weighted by atomic mass is 10.1. The molecule has 11 nitrogen and oxygen atoms in total. The van der Waals surface area contributed by atoms with Crippen LogP contribution in [-0.2, 0) is 24.0 Å². The van der Waals surface area contributed by atoms with Crippen LogP contribution in [0.5, 0.6) is 0 Å². The number of carbonyl (C=O) groups excluding carboxylic acids is 3. The summed E-state index contributed by atoms with van der Waals surface area (Å²) >= 11 is 1.56. The van der Waals surface area contributed by atoms with Gasteiger partial charge in [-0.25, -0.2) is 0 Å². The van der Waals surface area contributed by atoms with Crippen molar-refractivity contribution in [3.63, 3.8) is 0 Å². The van der Waals surface area contributed by atoms with Crippen LogP contribution in [0.2, 0.25) is 0 Å². The van der Waals surface area contributed by atoms with Crippen LogP contribution in [0.15, 0.2) is 0 Å². The smallest absolute Gasteiger partial charge is 0.325 e. The third-order valence-corrected chi connectivity index (χ3v) is 5.44. The standard InChI is InChI=1S/C18H30N4O7S/c1-10(18(28)29)20-15(25)12(5-6-14(23)24)21-16(26)13-4-3-8-22(13)17(27)11(19)7-9-30-2/h10-13H,3-9,19H2,1-2H3,(H,20,25)(H,21,26)(H,23,24)(H,28,29). The van der Waals surface area contributed by atoms with Gasteiger partial charge in [0.25, 0.3) is 0 Å². The van der Waals surface area contributed by atoms with E-state index in [0.29, 0.717) is 31.6 Å². The molecule has 30 heavy (non-hydrogen) atoms. The van der Waals surface area contributed by atoms with Crippen LogP contribution in [0.3, 0.4) is 0 Å². The molecular weight excluding hydrogens is 416 g/mol. The molecule has 1 heterocycles. The Morgan fingerprint density at radius 3 is 2.40 bits per heavy atom. The summed E-state index contributed by atoms with van der Waals surface area (Å²) in [5.41, 5.74) is 5.94. The van der Waals surface area contributed by atoms with Gasteiger partial charge in [0, 0.05) is 13.0 Å². The van der Waals surface area contributed by atoms with E-state index in [0.717, 1.165) is 0 Å². The molecule has 6 N–H and O–H groups in total. The summed E-state index contributed by atoms with van der Waals surface area (Å²) in [5, 5.41) is 22.5. The first-order valence-electron chi connectivity index (χ1n) is 9.68. The molecule has 1 aliphatic rings. The van der Waals surface area contributed by atoms with Crippen LogP contribution < -0.4 is 16.4 Å². The van der Waals surface area contributed by atoms with Crippen molar-refractivity contribution in [2.45, 2.75) is 63.2 Å². The zero-order valence-electron chi connectivity index (χ0n) is 17.1. The number of thioether (sulfide) groups is 1. The molecule has 0 aromatic carbocycles. The average Bonchev–Trinajstić information content (AvgIpc) is 3.17. The lowest BCUT2D eigenvalue weighted by molar-refractivity contribution is -0.143. The van der Waals surface area contributed by atoms with Gasteiger partial charge in [0.1, 0.15) is 18.1 Å². The van der Waals surface area contributed by atoms with Crippen molar-refractivity contribution >= 4 is 41.4 Å². The first-order valence-corrected chi connectivity index (χ1v) is 11.1. The molecule has 4 atom stereocenters. The lowest BCUT2D eigenvalue weighted by Crippen LogP contribution is -2.56. The molecule has 0 aliphatic carbocycles. The minimum atomic E-state index is -1.27. The van der Waals surface area contributed by atoms with Gasteiger partial charge in [-0.1, -0.05) is 0 Å². The van der Waals surface area contributed by atoms with E-state index in [1.165, 1.54) is 11.8 Å². The van der Waals surface area contributed by atoms with Gasteiger partial charge in [0.15, 0.2) is 0 Å². The SMILES string of the molecule is CSCCC(N)C(=O)N1CCCC1C(=O)NC(CCC(=O)O)C(=O)NC(C)C(=O)O. The summed E-state index contributed by atoms with van der Waals surface area (Å²) in [6.45, 7) is 1.62. The van der Waals surface area contributed by atoms with Gasteiger partial charge in [-0.2, -0.15) is 11.8 Å². The van der Waals surface area contributed by atoms with E-state index in [4.69, 9.17) is 15.9 Å². The summed E-state index contributed by atoms with van der Waals surface area (Å²) in [4.78, 5) is 61.0. The molecule has 0 spiro atoms. The first-order chi connectivity index (χ1) is 14.1. The highest BCUT2D eigenvalue weighted by Gasteiger charge is 2.37. The zero-order chi connectivity index (χ0) is 22.8. The maximum absolute atomic E-state index is 12.8. The van der Waals surface area contributed by atoms with Crippen LogP contribution in [0, 0.1) is 0 Å². The summed E-state index contributed by atoms with van der Waals surface area (Å²) in [6.07, 6.45) is 2.75. The average molecular weight is 447 g/mol. The van der Waals surface area contributed by atoms with Crippen molar-refractivity contribution in [2.24, 2.45) is 5.73 Å². The molecule has 170 valence electrons. The number of carboxylic acids is 2. The number of nitrogens with zero attached hydrogens (tertiary/aromatic N) is 1. The number of nitrogens with one attached hydrogen (secondary N) is 2. The summed E-state index contributed by atoms with van der Waals surface area (Å²) in [6, 6.07) is -3.98. The molecule has 4 unspecified atom stereocenters. The van der Waals surface area contributed by atoms with E-state index in [9.17, 15) is 24.0 Å². The first kappa shape index (κ1) is 25.7. The Morgan fingerprint density at radius 2 is 1.83 bits per heavy atom. The molecule has 1 aliphatic heterocycles. The summed E-state index contributed by atoms with van der Waals surface area (Å²) in [5.74, 6) is -3.45. The van der Waals surface area contributed by atoms with E-state index >= 15 is 0 Å². The predicted octanol–water partition coefficient (Wildman–Crippen LogP) is -1.00. The molecule has 0 saturated carbocycles. The highest BCUT2D eigenvalue weighted by molar-refractivity contribution is 7.98. The monoisotopic (exact) mass is 446 g/mol. The van der Waals surface area contributed by atoms with E-state index in [1.54, 1.807) is 11.8 Å². The minimum absolute atomic E-state index is 0.215. The number of hydrogen-bond acceptors (Lipinski definition) is 7. The highest BCUT2D eigenvalue weighted by Crippen LogP contribution is 2.19. The van der Waals surface area contributed by atoms with Crippen LogP contribution in [0.25, 0.3) is 0 Å². The minimum Gasteiger partial charge on any atom is -0.481 e. The zero-order valence-corrected chi connectivity index (χ0v) is 17.9. The third-order valence-electron chi connectivity index (χ3n) is 4.80. The number of likely N-dealkylation sites (tertiary alicyclic amines) is 1. The summed E-state index contributed by atoms with van der Waals surface area (Å²) in [7, 11) is 0. The molecule has 1 rings (SSSR count). The molecule has 1 fully saturated rings. The van der Waals surface area contributed by atoms with Crippen molar-refractivity contribution in [2.75, 3.05) is 18.6 Å². The Hall–Kier alpha value is -2.34. The number of nitrogens with two attached hydrogens (primary N) is 1. The number of hydrogen-bond donors (Lipinski definition) is 5. The van der Waals surface area contributed by atoms with Gasteiger partial charge in [-0.3, -0.25) is 24.0 Å². The van der Waals surface area contributed by atoms with Crippen LogP contribution in [-0.4, -0.2) is 87.5 Å².